The lowest BCUT2D eigenvalue weighted by Crippen LogP contribution is -2.12. The van der Waals surface area contributed by atoms with E-state index in [2.05, 4.69) is 10.3 Å². The molecule has 5 nitrogen and oxygen atoms in total. The SMILES string of the molecule is CSC(=Nc1cc(S(C)(=O)=O)c(C)cc1C)NC#N. The standard InChI is InChI=1S/C12H15N3O2S2/c1-8-5-9(2)11(19(4,16)17)6-10(8)15-12(18-3)14-7-13/h5-6H,1-4H3,(H,14,15). The molecule has 1 N–H and O–H groups in total. The predicted molar refractivity (Wildman–Crippen MR) is 78.4 cm³/mol. The summed E-state index contributed by atoms with van der Waals surface area (Å²) in [5.41, 5.74) is 2.09. The zero-order valence-electron chi connectivity index (χ0n) is 11.2. The summed E-state index contributed by atoms with van der Waals surface area (Å²) in [6.07, 6.45) is 4.74. The van der Waals surface area contributed by atoms with Gasteiger partial charge in [0.15, 0.2) is 21.2 Å². The number of hydrogen-bond donors (Lipinski definition) is 1. The van der Waals surface area contributed by atoms with Crippen molar-refractivity contribution >= 4 is 32.5 Å². The largest absolute Gasteiger partial charge is 0.271 e. The minimum Gasteiger partial charge on any atom is -0.271 e. The van der Waals surface area contributed by atoms with Crippen LogP contribution in [0.2, 0.25) is 0 Å². The molecule has 0 radical (unpaired) electrons. The summed E-state index contributed by atoms with van der Waals surface area (Å²) in [6, 6.07) is 3.31. The zero-order valence-corrected chi connectivity index (χ0v) is 12.8. The van der Waals surface area contributed by atoms with Gasteiger partial charge >= 0.3 is 0 Å². The Hall–Kier alpha value is -1.52. The number of hydrogen-bond acceptors (Lipinski definition) is 5. The van der Waals surface area contributed by atoms with Crippen LogP contribution in [0.25, 0.3) is 0 Å². The van der Waals surface area contributed by atoms with Gasteiger partial charge in [0.25, 0.3) is 0 Å². The molecule has 0 aliphatic heterocycles. The van der Waals surface area contributed by atoms with Gasteiger partial charge in [0.2, 0.25) is 0 Å². The van der Waals surface area contributed by atoms with Crippen LogP contribution in [0.4, 0.5) is 5.69 Å². The minimum atomic E-state index is -3.29. The van der Waals surface area contributed by atoms with E-state index in [1.165, 1.54) is 24.1 Å². The van der Waals surface area contributed by atoms with Crippen molar-refractivity contribution in [2.75, 3.05) is 12.5 Å². The van der Waals surface area contributed by atoms with Crippen molar-refractivity contribution in [2.24, 2.45) is 4.99 Å². The number of nitriles is 1. The molecule has 0 aromatic heterocycles. The van der Waals surface area contributed by atoms with E-state index in [4.69, 9.17) is 5.26 Å². The number of sulfone groups is 1. The van der Waals surface area contributed by atoms with Crippen LogP contribution >= 0.6 is 11.8 Å². The molecule has 102 valence electrons. The van der Waals surface area contributed by atoms with E-state index >= 15 is 0 Å². The molecule has 0 bridgehead atoms. The number of nitrogens with one attached hydrogen (secondary N) is 1. The van der Waals surface area contributed by atoms with Crippen molar-refractivity contribution in [3.8, 4) is 6.19 Å². The van der Waals surface area contributed by atoms with Crippen LogP contribution in [0.5, 0.6) is 0 Å². The second kappa shape index (κ2) is 6.08. The first kappa shape index (κ1) is 15.5. The molecule has 1 rings (SSSR count). The smallest absolute Gasteiger partial charge is 0.183 e. The normalized spacial score (nSPS) is 12.1. The summed E-state index contributed by atoms with van der Waals surface area (Å²) >= 11 is 1.28. The highest BCUT2D eigenvalue weighted by molar-refractivity contribution is 8.13. The second-order valence-corrected chi connectivity index (χ2v) is 6.81. The molecule has 0 fully saturated rings. The number of rotatable bonds is 2. The van der Waals surface area contributed by atoms with Crippen LogP contribution in [-0.2, 0) is 9.84 Å². The van der Waals surface area contributed by atoms with E-state index in [0.29, 0.717) is 16.4 Å². The Morgan fingerprint density at radius 1 is 1.37 bits per heavy atom. The van der Waals surface area contributed by atoms with Crippen LogP contribution in [0.3, 0.4) is 0 Å². The van der Waals surface area contributed by atoms with E-state index in [-0.39, 0.29) is 4.90 Å². The average molecular weight is 297 g/mol. The van der Waals surface area contributed by atoms with E-state index in [9.17, 15) is 8.42 Å². The first-order valence-corrected chi connectivity index (χ1v) is 8.50. The lowest BCUT2D eigenvalue weighted by Gasteiger charge is -2.09. The molecule has 0 saturated heterocycles. The van der Waals surface area contributed by atoms with Gasteiger partial charge in [-0.15, -0.1) is 0 Å². The van der Waals surface area contributed by atoms with Crippen LogP contribution in [-0.4, -0.2) is 26.1 Å². The van der Waals surface area contributed by atoms with Crippen molar-refractivity contribution in [1.82, 2.24) is 5.32 Å². The predicted octanol–water partition coefficient (Wildman–Crippen LogP) is 2.13. The van der Waals surface area contributed by atoms with Crippen LogP contribution < -0.4 is 5.32 Å². The highest BCUT2D eigenvalue weighted by Crippen LogP contribution is 2.27. The third-order valence-corrected chi connectivity index (χ3v) is 4.29. The molecule has 19 heavy (non-hydrogen) atoms. The number of aryl methyl sites for hydroxylation is 2. The maximum Gasteiger partial charge on any atom is 0.183 e. The fourth-order valence-electron chi connectivity index (χ4n) is 1.62. The maximum absolute atomic E-state index is 11.7. The first-order chi connectivity index (χ1) is 8.79. The second-order valence-electron chi connectivity index (χ2n) is 4.03. The Bertz CT molecular complexity index is 658. The molecule has 0 spiro atoms. The summed E-state index contributed by atoms with van der Waals surface area (Å²) in [5.74, 6) is 0. The van der Waals surface area contributed by atoms with E-state index in [1.807, 2.05) is 6.92 Å². The number of nitrogens with zero attached hydrogens (tertiary/aromatic N) is 2. The molecule has 7 heteroatoms. The average Bonchev–Trinajstić information content (AvgIpc) is 2.29. The molecular formula is C12H15N3O2S2. The van der Waals surface area contributed by atoms with E-state index in [1.54, 1.807) is 25.4 Å². The molecular weight excluding hydrogens is 282 g/mol. The maximum atomic E-state index is 11.7. The van der Waals surface area contributed by atoms with Gasteiger partial charge < -0.3 is 0 Å². The van der Waals surface area contributed by atoms with Crippen molar-refractivity contribution in [2.45, 2.75) is 18.7 Å². The van der Waals surface area contributed by atoms with Gasteiger partial charge in [-0.2, -0.15) is 5.26 Å². The van der Waals surface area contributed by atoms with E-state index < -0.39 is 9.84 Å². The van der Waals surface area contributed by atoms with Crippen molar-refractivity contribution in [1.29, 1.82) is 5.26 Å². The fraction of sp³-hybridized carbons (Fsp3) is 0.333. The highest BCUT2D eigenvalue weighted by atomic mass is 32.2. The molecule has 0 aliphatic rings. The van der Waals surface area contributed by atoms with Crippen molar-refractivity contribution in [3.63, 3.8) is 0 Å². The topological polar surface area (TPSA) is 82.3 Å². The number of aliphatic imine (C=N–C) groups is 1. The van der Waals surface area contributed by atoms with Crippen molar-refractivity contribution in [3.05, 3.63) is 23.3 Å². The third kappa shape index (κ3) is 3.98. The van der Waals surface area contributed by atoms with Gasteiger partial charge in [-0.05, 0) is 37.3 Å². The van der Waals surface area contributed by atoms with Crippen LogP contribution in [0.1, 0.15) is 11.1 Å². The van der Waals surface area contributed by atoms with E-state index in [0.717, 1.165) is 5.56 Å². The lowest BCUT2D eigenvalue weighted by atomic mass is 10.1. The Kier molecular flexibility index (Phi) is 4.97. The van der Waals surface area contributed by atoms with Gasteiger partial charge in [-0.1, -0.05) is 17.8 Å². The Labute approximate surface area is 117 Å². The lowest BCUT2D eigenvalue weighted by molar-refractivity contribution is 0.601. The monoisotopic (exact) mass is 297 g/mol. The summed E-state index contributed by atoms with van der Waals surface area (Å²) in [6.45, 7) is 3.60. The molecule has 1 aromatic rings. The van der Waals surface area contributed by atoms with Gasteiger partial charge in [0.05, 0.1) is 10.6 Å². The fourth-order valence-corrected chi connectivity index (χ4v) is 2.93. The number of amidine groups is 1. The molecule has 0 atom stereocenters. The third-order valence-electron chi connectivity index (χ3n) is 2.47. The van der Waals surface area contributed by atoms with Gasteiger partial charge in [0.1, 0.15) is 0 Å². The van der Waals surface area contributed by atoms with Crippen LogP contribution in [0.15, 0.2) is 22.0 Å². The molecule has 0 aliphatic carbocycles. The van der Waals surface area contributed by atoms with Gasteiger partial charge in [-0.25, -0.2) is 13.4 Å². The highest BCUT2D eigenvalue weighted by Gasteiger charge is 2.13. The van der Waals surface area contributed by atoms with Gasteiger partial charge in [-0.3, -0.25) is 5.32 Å². The zero-order chi connectivity index (χ0) is 14.6. The van der Waals surface area contributed by atoms with Crippen LogP contribution in [0, 0.1) is 25.3 Å². The van der Waals surface area contributed by atoms with Crippen molar-refractivity contribution < 1.29 is 8.42 Å². The number of thioether (sulfide) groups is 1. The summed E-state index contributed by atoms with van der Waals surface area (Å²) in [4.78, 5) is 4.52. The minimum absolute atomic E-state index is 0.259. The molecule has 0 unspecified atom stereocenters. The Morgan fingerprint density at radius 2 is 2.00 bits per heavy atom. The number of benzene rings is 1. The summed E-state index contributed by atoms with van der Waals surface area (Å²) < 4.78 is 23.4. The summed E-state index contributed by atoms with van der Waals surface area (Å²) in [7, 11) is -3.29. The van der Waals surface area contributed by atoms with Gasteiger partial charge in [0, 0.05) is 6.26 Å². The molecule has 0 saturated carbocycles. The molecule has 0 heterocycles. The summed E-state index contributed by atoms with van der Waals surface area (Å²) in [5, 5.41) is 11.5. The molecule has 1 aromatic carbocycles. The Balaban J connectivity index is 3.42. The molecule has 0 amide bonds. The Morgan fingerprint density at radius 3 is 2.47 bits per heavy atom. The quantitative estimate of drug-likeness (QED) is 0.391. The first-order valence-electron chi connectivity index (χ1n) is 5.38.